The molecule has 3 rings (SSSR count). The molecule has 0 unspecified atom stereocenters. The van der Waals surface area contributed by atoms with Crippen molar-refractivity contribution in [1.82, 2.24) is 4.98 Å². The molecule has 24 heavy (non-hydrogen) atoms. The number of carbonyl (C=O) groups is 1. The first-order chi connectivity index (χ1) is 11.6. The minimum atomic E-state index is -0.475. The molecule has 0 amide bonds. The van der Waals surface area contributed by atoms with Gasteiger partial charge in [0.05, 0.1) is 25.3 Å². The van der Waals surface area contributed by atoms with Crippen molar-refractivity contribution < 1.29 is 19.0 Å². The predicted octanol–water partition coefficient (Wildman–Crippen LogP) is 3.25. The summed E-state index contributed by atoms with van der Waals surface area (Å²) in [5.74, 6) is 0.895. The zero-order chi connectivity index (χ0) is 17.1. The fourth-order valence-electron chi connectivity index (χ4n) is 2.26. The van der Waals surface area contributed by atoms with Crippen LogP contribution in [0.2, 0.25) is 0 Å². The van der Waals surface area contributed by atoms with Gasteiger partial charge in [0.25, 0.3) is 0 Å². The van der Waals surface area contributed by atoms with Gasteiger partial charge in [-0.1, -0.05) is 12.1 Å². The van der Waals surface area contributed by atoms with E-state index in [-0.39, 0.29) is 0 Å². The largest absolute Gasteiger partial charge is 0.497 e. The van der Waals surface area contributed by atoms with Gasteiger partial charge in [0, 0.05) is 6.20 Å². The number of rotatable bonds is 5. The molecule has 0 radical (unpaired) electrons. The van der Waals surface area contributed by atoms with Crippen LogP contribution in [0.1, 0.15) is 15.2 Å². The van der Waals surface area contributed by atoms with Crippen LogP contribution in [0, 0.1) is 0 Å². The normalized spacial score (nSPS) is 10.6. The molecule has 0 spiro atoms. The van der Waals surface area contributed by atoms with E-state index in [2.05, 4.69) is 4.98 Å². The lowest BCUT2D eigenvalue weighted by Crippen LogP contribution is -2.02. The molecule has 1 aromatic carbocycles. The number of esters is 1. The van der Waals surface area contributed by atoms with E-state index in [4.69, 9.17) is 19.9 Å². The van der Waals surface area contributed by atoms with Crippen LogP contribution in [-0.4, -0.2) is 25.2 Å². The van der Waals surface area contributed by atoms with Crippen LogP contribution in [0.5, 0.6) is 11.5 Å². The molecule has 3 aromatic rings. The zero-order valence-electron chi connectivity index (χ0n) is 13.2. The first-order valence-corrected chi connectivity index (χ1v) is 7.96. The van der Waals surface area contributed by atoms with Crippen LogP contribution in [0.15, 0.2) is 36.5 Å². The molecule has 0 aliphatic rings. The Balaban J connectivity index is 1.88. The fraction of sp³-hybridized carbons (Fsp3) is 0.176. The van der Waals surface area contributed by atoms with Crippen LogP contribution < -0.4 is 15.2 Å². The SMILES string of the molecule is COC(=O)c1sc2nccc(OCc3ccc(OC)cc3)c2c1N. The summed E-state index contributed by atoms with van der Waals surface area (Å²) in [5, 5.41) is 0.636. The van der Waals surface area contributed by atoms with Gasteiger partial charge in [0.1, 0.15) is 27.8 Å². The number of pyridine rings is 1. The Hall–Kier alpha value is -2.80. The number of benzene rings is 1. The molecule has 0 saturated heterocycles. The first kappa shape index (κ1) is 16.1. The predicted molar refractivity (Wildman–Crippen MR) is 92.7 cm³/mol. The number of anilines is 1. The number of hydrogen-bond acceptors (Lipinski definition) is 7. The van der Waals surface area contributed by atoms with Crippen LogP contribution in [-0.2, 0) is 11.3 Å². The van der Waals surface area contributed by atoms with Gasteiger partial charge < -0.3 is 19.9 Å². The highest BCUT2D eigenvalue weighted by Crippen LogP contribution is 2.38. The molecular weight excluding hydrogens is 328 g/mol. The molecule has 0 bridgehead atoms. The Labute approximate surface area is 142 Å². The molecule has 0 atom stereocenters. The van der Waals surface area contributed by atoms with Crippen molar-refractivity contribution in [2.75, 3.05) is 20.0 Å². The number of nitrogens with zero attached hydrogens (tertiary/aromatic N) is 1. The highest BCUT2D eigenvalue weighted by atomic mass is 32.1. The average molecular weight is 344 g/mol. The van der Waals surface area contributed by atoms with Gasteiger partial charge in [0.2, 0.25) is 0 Å². The second-order valence-corrected chi connectivity index (χ2v) is 5.96. The Kier molecular flexibility index (Phi) is 4.52. The van der Waals surface area contributed by atoms with Crippen molar-refractivity contribution in [3.05, 3.63) is 47.0 Å². The number of aromatic nitrogens is 1. The van der Waals surface area contributed by atoms with E-state index in [9.17, 15) is 4.79 Å². The van der Waals surface area contributed by atoms with Gasteiger partial charge in [-0.2, -0.15) is 0 Å². The number of nitrogen functional groups attached to an aromatic ring is 1. The quantitative estimate of drug-likeness (QED) is 0.715. The summed E-state index contributed by atoms with van der Waals surface area (Å²) in [6.07, 6.45) is 1.63. The zero-order valence-corrected chi connectivity index (χ0v) is 14.1. The van der Waals surface area contributed by atoms with Crippen molar-refractivity contribution in [1.29, 1.82) is 0 Å². The lowest BCUT2D eigenvalue weighted by Gasteiger charge is -2.08. The number of ether oxygens (including phenoxy) is 3. The number of nitrogens with two attached hydrogens (primary N) is 1. The van der Waals surface area contributed by atoms with Gasteiger partial charge >= 0.3 is 5.97 Å². The minimum absolute atomic E-state index is 0.333. The minimum Gasteiger partial charge on any atom is -0.497 e. The molecule has 0 aliphatic carbocycles. The van der Waals surface area contributed by atoms with E-state index in [1.807, 2.05) is 24.3 Å². The third-order valence-corrected chi connectivity index (χ3v) is 4.61. The second kappa shape index (κ2) is 6.76. The van der Waals surface area contributed by atoms with Crippen molar-refractivity contribution >= 4 is 33.2 Å². The van der Waals surface area contributed by atoms with E-state index < -0.39 is 5.97 Å². The standard InChI is InChI=1S/C17H16N2O4S/c1-21-11-5-3-10(4-6-11)9-23-12-7-8-19-16-13(12)14(18)15(24-16)17(20)22-2/h3-8H,9,18H2,1-2H3. The number of hydrogen-bond donors (Lipinski definition) is 1. The van der Waals surface area contributed by atoms with Crippen molar-refractivity contribution in [2.45, 2.75) is 6.61 Å². The Morgan fingerprint density at radius 3 is 2.62 bits per heavy atom. The maximum absolute atomic E-state index is 11.8. The molecule has 7 heteroatoms. The summed E-state index contributed by atoms with van der Waals surface area (Å²) in [4.78, 5) is 17.0. The van der Waals surface area contributed by atoms with Crippen LogP contribution in [0.4, 0.5) is 5.69 Å². The molecule has 2 N–H and O–H groups in total. The molecule has 124 valence electrons. The van der Waals surface area contributed by atoms with E-state index >= 15 is 0 Å². The van der Waals surface area contributed by atoms with Gasteiger partial charge in [-0.3, -0.25) is 0 Å². The molecule has 2 heterocycles. The number of carbonyl (C=O) groups excluding carboxylic acids is 1. The van der Waals surface area contributed by atoms with Crippen LogP contribution in [0.25, 0.3) is 10.2 Å². The van der Waals surface area contributed by atoms with E-state index in [1.165, 1.54) is 18.4 Å². The Morgan fingerprint density at radius 2 is 1.96 bits per heavy atom. The summed E-state index contributed by atoms with van der Waals surface area (Å²) in [6, 6.07) is 9.32. The lowest BCUT2D eigenvalue weighted by molar-refractivity contribution is 0.0607. The third kappa shape index (κ3) is 2.98. The molecular formula is C17H16N2O4S. The molecule has 0 saturated carbocycles. The van der Waals surface area contributed by atoms with Gasteiger partial charge in [-0.05, 0) is 23.8 Å². The smallest absolute Gasteiger partial charge is 0.350 e. The van der Waals surface area contributed by atoms with Gasteiger partial charge in [-0.15, -0.1) is 11.3 Å². The molecule has 0 fully saturated rings. The van der Waals surface area contributed by atoms with Crippen molar-refractivity contribution in [3.63, 3.8) is 0 Å². The van der Waals surface area contributed by atoms with Gasteiger partial charge in [-0.25, -0.2) is 9.78 Å². The van der Waals surface area contributed by atoms with Crippen LogP contribution in [0.3, 0.4) is 0 Å². The van der Waals surface area contributed by atoms with E-state index in [0.29, 0.717) is 33.1 Å². The van der Waals surface area contributed by atoms with E-state index in [1.54, 1.807) is 19.4 Å². The monoisotopic (exact) mass is 344 g/mol. The maximum Gasteiger partial charge on any atom is 0.350 e. The van der Waals surface area contributed by atoms with Gasteiger partial charge in [0.15, 0.2) is 0 Å². The van der Waals surface area contributed by atoms with Crippen LogP contribution >= 0.6 is 11.3 Å². The summed E-state index contributed by atoms with van der Waals surface area (Å²) >= 11 is 1.19. The number of fused-ring (bicyclic) bond motifs is 1. The average Bonchev–Trinajstić information content (AvgIpc) is 2.97. The topological polar surface area (TPSA) is 83.7 Å². The highest BCUT2D eigenvalue weighted by molar-refractivity contribution is 7.21. The highest BCUT2D eigenvalue weighted by Gasteiger charge is 2.20. The van der Waals surface area contributed by atoms with Crippen molar-refractivity contribution in [3.8, 4) is 11.5 Å². The Bertz CT molecular complexity index is 874. The third-order valence-electron chi connectivity index (χ3n) is 3.51. The first-order valence-electron chi connectivity index (χ1n) is 7.15. The van der Waals surface area contributed by atoms with Crippen molar-refractivity contribution in [2.24, 2.45) is 0 Å². The number of methoxy groups -OCH3 is 2. The van der Waals surface area contributed by atoms with E-state index in [0.717, 1.165) is 11.3 Å². The number of thiophene rings is 1. The second-order valence-electron chi connectivity index (χ2n) is 4.96. The maximum atomic E-state index is 11.8. The summed E-state index contributed by atoms with van der Waals surface area (Å²) in [5.41, 5.74) is 7.42. The summed E-state index contributed by atoms with van der Waals surface area (Å²) < 4.78 is 15.8. The lowest BCUT2D eigenvalue weighted by atomic mass is 10.2. The fourth-order valence-corrected chi connectivity index (χ4v) is 3.26. The summed E-state index contributed by atoms with van der Waals surface area (Å²) in [7, 11) is 2.94. The molecule has 0 aliphatic heterocycles. The summed E-state index contributed by atoms with van der Waals surface area (Å²) in [6.45, 7) is 0.367. The molecule has 2 aromatic heterocycles. The Morgan fingerprint density at radius 1 is 1.21 bits per heavy atom. The molecule has 6 nitrogen and oxygen atoms in total.